The van der Waals surface area contributed by atoms with Crippen LogP contribution in [0.25, 0.3) is 0 Å². The van der Waals surface area contributed by atoms with Crippen LogP contribution in [0.3, 0.4) is 0 Å². The van der Waals surface area contributed by atoms with Crippen molar-refractivity contribution in [2.45, 2.75) is 82.6 Å². The van der Waals surface area contributed by atoms with Gasteiger partial charge in [0.15, 0.2) is 17.3 Å². The summed E-state index contributed by atoms with van der Waals surface area (Å²) in [6.07, 6.45) is -3.68. The molecule has 156 valence electrons. The van der Waals surface area contributed by atoms with Crippen LogP contribution in [0.5, 0.6) is 0 Å². The van der Waals surface area contributed by atoms with E-state index in [4.69, 9.17) is 14.2 Å². The summed E-state index contributed by atoms with van der Waals surface area (Å²) in [7, 11) is 0. The fraction of sp³-hybridized carbons (Fsp3) is 0.737. The second-order valence-electron chi connectivity index (χ2n) is 8.33. The summed E-state index contributed by atoms with van der Waals surface area (Å²) in [6.45, 7) is 6.69. The van der Waals surface area contributed by atoms with Crippen LogP contribution in [-0.4, -0.2) is 68.3 Å². The van der Waals surface area contributed by atoms with Gasteiger partial charge in [0, 0.05) is 26.2 Å². The summed E-state index contributed by atoms with van der Waals surface area (Å²) in [5.41, 5.74) is -5.15. The average Bonchev–Trinajstić information content (AvgIpc) is 2.91. The molecule has 0 aromatic heterocycles. The molecule has 2 fully saturated rings. The number of esters is 3. The summed E-state index contributed by atoms with van der Waals surface area (Å²) < 4.78 is 16.3. The summed E-state index contributed by atoms with van der Waals surface area (Å²) in [5, 5.41) is 32.9. The van der Waals surface area contributed by atoms with Crippen LogP contribution in [0.15, 0.2) is 11.1 Å². The van der Waals surface area contributed by atoms with Crippen molar-refractivity contribution in [2.24, 2.45) is 5.92 Å². The molecule has 3 rings (SSSR count). The Balaban J connectivity index is 2.26. The molecule has 2 aliphatic carbocycles. The van der Waals surface area contributed by atoms with Gasteiger partial charge in [-0.25, -0.2) is 4.79 Å². The lowest BCUT2D eigenvalue weighted by Crippen LogP contribution is -2.64. The first kappa shape index (κ1) is 20.8. The van der Waals surface area contributed by atoms with E-state index in [0.29, 0.717) is 11.1 Å². The molecular formula is C19H26O9. The van der Waals surface area contributed by atoms with Crippen molar-refractivity contribution in [3.63, 3.8) is 0 Å². The Hall–Kier alpha value is -1.97. The van der Waals surface area contributed by atoms with E-state index in [9.17, 15) is 29.7 Å². The number of fused-ring (bicyclic) bond motifs is 3. The molecule has 9 nitrogen and oxygen atoms in total. The summed E-state index contributed by atoms with van der Waals surface area (Å²) in [6, 6.07) is 0. The third kappa shape index (κ3) is 2.67. The zero-order valence-electron chi connectivity index (χ0n) is 16.5. The van der Waals surface area contributed by atoms with Crippen LogP contribution in [-0.2, 0) is 28.6 Å². The molecule has 0 aromatic rings. The standard InChI is InChI=1S/C19H26O9/c1-8-12(22)6-11-14(8)15-19(25,18(5,24)16(23)27-15)13(26-9(2)20)7-17(11,4)28-10(3)21/h11-13,15,22,24-25H,6-7H2,1-5H3/t11-,12+,13-,15-,17-,18+,19+/m0/s1. The largest absolute Gasteiger partial charge is 0.459 e. The number of aliphatic hydroxyl groups excluding tert-OH is 1. The van der Waals surface area contributed by atoms with Crippen LogP contribution in [0.2, 0.25) is 0 Å². The molecule has 3 aliphatic rings. The number of hydrogen-bond donors (Lipinski definition) is 3. The minimum absolute atomic E-state index is 0.171. The van der Waals surface area contributed by atoms with Crippen LogP contribution >= 0.6 is 0 Å². The van der Waals surface area contributed by atoms with Gasteiger partial charge in [0.2, 0.25) is 0 Å². The Kier molecular flexibility index (Phi) is 4.64. The van der Waals surface area contributed by atoms with Crippen molar-refractivity contribution in [1.29, 1.82) is 0 Å². The van der Waals surface area contributed by atoms with Crippen molar-refractivity contribution in [2.75, 3.05) is 0 Å². The molecule has 0 spiro atoms. The van der Waals surface area contributed by atoms with Gasteiger partial charge in [-0.1, -0.05) is 0 Å². The lowest BCUT2D eigenvalue weighted by molar-refractivity contribution is -0.209. The Morgan fingerprint density at radius 1 is 1.18 bits per heavy atom. The quantitative estimate of drug-likeness (QED) is 0.326. The highest BCUT2D eigenvalue weighted by atomic mass is 16.6. The topological polar surface area (TPSA) is 140 Å². The Morgan fingerprint density at radius 3 is 2.32 bits per heavy atom. The molecule has 0 amide bonds. The molecule has 0 aromatic carbocycles. The van der Waals surface area contributed by atoms with Gasteiger partial charge in [-0.2, -0.15) is 0 Å². The van der Waals surface area contributed by atoms with Crippen LogP contribution in [0.4, 0.5) is 0 Å². The van der Waals surface area contributed by atoms with E-state index in [1.54, 1.807) is 13.8 Å². The van der Waals surface area contributed by atoms with Gasteiger partial charge in [0.05, 0.1) is 6.10 Å². The molecule has 28 heavy (non-hydrogen) atoms. The Bertz CT molecular complexity index is 769. The molecule has 7 atom stereocenters. The molecule has 1 heterocycles. The van der Waals surface area contributed by atoms with E-state index in [1.807, 2.05) is 0 Å². The van der Waals surface area contributed by atoms with E-state index in [-0.39, 0.29) is 12.8 Å². The average molecular weight is 398 g/mol. The predicted octanol–water partition coefficient (Wildman–Crippen LogP) is -0.252. The first-order chi connectivity index (χ1) is 12.8. The highest BCUT2D eigenvalue weighted by Gasteiger charge is 2.74. The zero-order valence-corrected chi connectivity index (χ0v) is 16.5. The predicted molar refractivity (Wildman–Crippen MR) is 92.6 cm³/mol. The second kappa shape index (κ2) is 6.27. The monoisotopic (exact) mass is 398 g/mol. The summed E-state index contributed by atoms with van der Waals surface area (Å²) in [4.78, 5) is 35.9. The van der Waals surface area contributed by atoms with Gasteiger partial charge in [0.1, 0.15) is 11.7 Å². The number of ether oxygens (including phenoxy) is 3. The normalized spacial score (nSPS) is 45.1. The van der Waals surface area contributed by atoms with Gasteiger partial charge in [-0.15, -0.1) is 0 Å². The fourth-order valence-corrected chi connectivity index (χ4v) is 4.91. The zero-order chi connectivity index (χ0) is 21.2. The van der Waals surface area contributed by atoms with Crippen molar-refractivity contribution in [3.8, 4) is 0 Å². The van der Waals surface area contributed by atoms with E-state index >= 15 is 0 Å². The lowest BCUT2D eigenvalue weighted by Gasteiger charge is -2.40. The van der Waals surface area contributed by atoms with E-state index in [1.165, 1.54) is 6.92 Å². The fourth-order valence-electron chi connectivity index (χ4n) is 4.91. The minimum Gasteiger partial charge on any atom is -0.459 e. The highest BCUT2D eigenvalue weighted by molar-refractivity contribution is 5.85. The highest BCUT2D eigenvalue weighted by Crippen LogP contribution is 2.56. The van der Waals surface area contributed by atoms with Crippen LogP contribution in [0, 0.1) is 5.92 Å². The van der Waals surface area contributed by atoms with Crippen LogP contribution < -0.4 is 0 Å². The van der Waals surface area contributed by atoms with Gasteiger partial charge in [-0.3, -0.25) is 9.59 Å². The van der Waals surface area contributed by atoms with E-state index in [0.717, 1.165) is 13.8 Å². The third-order valence-electron chi connectivity index (χ3n) is 6.38. The van der Waals surface area contributed by atoms with Crippen LogP contribution in [0.1, 0.15) is 47.5 Å². The number of hydrogen-bond acceptors (Lipinski definition) is 9. The van der Waals surface area contributed by atoms with Gasteiger partial charge in [-0.05, 0) is 38.3 Å². The van der Waals surface area contributed by atoms with Crippen molar-refractivity contribution >= 4 is 17.9 Å². The molecule has 1 saturated heterocycles. The molecule has 0 radical (unpaired) electrons. The molecular weight excluding hydrogens is 372 g/mol. The smallest absolute Gasteiger partial charge is 0.341 e. The Morgan fingerprint density at radius 2 is 1.79 bits per heavy atom. The molecule has 0 unspecified atom stereocenters. The summed E-state index contributed by atoms with van der Waals surface area (Å²) in [5.74, 6) is -3.00. The maximum atomic E-state index is 12.4. The van der Waals surface area contributed by atoms with Crippen molar-refractivity contribution in [3.05, 3.63) is 11.1 Å². The molecule has 1 aliphatic heterocycles. The molecule has 1 saturated carbocycles. The van der Waals surface area contributed by atoms with Gasteiger partial charge in [0.25, 0.3) is 0 Å². The van der Waals surface area contributed by atoms with Gasteiger partial charge >= 0.3 is 17.9 Å². The lowest BCUT2D eigenvalue weighted by atomic mass is 9.75. The number of carbonyl (C=O) groups is 3. The summed E-state index contributed by atoms with van der Waals surface area (Å²) >= 11 is 0. The van der Waals surface area contributed by atoms with Crippen molar-refractivity contribution < 1.29 is 43.9 Å². The maximum absolute atomic E-state index is 12.4. The second-order valence-corrected chi connectivity index (χ2v) is 8.33. The van der Waals surface area contributed by atoms with Crippen molar-refractivity contribution in [1.82, 2.24) is 0 Å². The van der Waals surface area contributed by atoms with E-state index in [2.05, 4.69) is 0 Å². The minimum atomic E-state index is -2.38. The first-order valence-corrected chi connectivity index (χ1v) is 9.17. The number of aliphatic hydroxyl groups is 3. The first-order valence-electron chi connectivity index (χ1n) is 9.17. The number of carbonyl (C=O) groups excluding carboxylic acids is 3. The molecule has 3 N–H and O–H groups in total. The Labute approximate surface area is 162 Å². The third-order valence-corrected chi connectivity index (χ3v) is 6.38. The van der Waals surface area contributed by atoms with E-state index < -0.39 is 58.9 Å². The maximum Gasteiger partial charge on any atom is 0.341 e. The molecule has 0 bridgehead atoms. The SMILES string of the molecule is CC(=O)O[C@H]1C[C@](C)(OC(C)=O)[C@H]2C[C@@H](O)C(C)=C2[C@@H]2OC(=O)[C@@](C)(O)[C@@]12O. The molecule has 9 heteroatoms. The van der Waals surface area contributed by atoms with Gasteiger partial charge < -0.3 is 29.5 Å². The number of rotatable bonds is 2.